The van der Waals surface area contributed by atoms with Crippen LogP contribution in [0.15, 0.2) is 18.2 Å². The average Bonchev–Trinajstić information content (AvgIpc) is 2.63. The topological polar surface area (TPSA) is 47.6 Å². The first kappa shape index (κ1) is 16.8. The third kappa shape index (κ3) is 3.15. The van der Waals surface area contributed by atoms with Crippen molar-refractivity contribution < 1.29 is 14.1 Å². The second-order valence-corrected chi connectivity index (χ2v) is 7.83. The van der Waals surface area contributed by atoms with Crippen LogP contribution in [0.25, 0.3) is 0 Å². The zero-order valence-electron chi connectivity index (χ0n) is 14.1. The van der Waals surface area contributed by atoms with Crippen molar-refractivity contribution in [3.05, 3.63) is 28.8 Å². The number of hydrogen-bond donors (Lipinski definition) is 1. The third-order valence-corrected chi connectivity index (χ3v) is 5.55. The minimum atomic E-state index is -0.566. The van der Waals surface area contributed by atoms with Gasteiger partial charge < -0.3 is 14.6 Å². The quantitative estimate of drug-likeness (QED) is 0.864. The fraction of sp³-hybridized carbons (Fsp3) is 0.588. The average molecular weight is 336 g/mol. The van der Waals surface area contributed by atoms with Gasteiger partial charge >= 0.3 is 7.12 Å². The van der Waals surface area contributed by atoms with Crippen molar-refractivity contribution >= 4 is 30.1 Å². The Kier molecular flexibility index (Phi) is 4.24. The van der Waals surface area contributed by atoms with E-state index in [9.17, 15) is 4.79 Å². The van der Waals surface area contributed by atoms with Crippen LogP contribution in [-0.2, 0) is 9.31 Å². The molecule has 1 aliphatic carbocycles. The Morgan fingerprint density at radius 3 is 2.35 bits per heavy atom. The Hall–Kier alpha value is -1.04. The van der Waals surface area contributed by atoms with Crippen LogP contribution in [0.4, 0.5) is 0 Å². The molecule has 0 atom stereocenters. The molecule has 0 aromatic heterocycles. The predicted molar refractivity (Wildman–Crippen MR) is 92.3 cm³/mol. The van der Waals surface area contributed by atoms with Crippen LogP contribution in [0.2, 0.25) is 5.02 Å². The summed E-state index contributed by atoms with van der Waals surface area (Å²) in [4.78, 5) is 12.3. The predicted octanol–water partition coefficient (Wildman–Crippen LogP) is 2.92. The number of halogens is 1. The summed E-state index contributed by atoms with van der Waals surface area (Å²) in [7, 11) is -0.566. The Morgan fingerprint density at radius 2 is 1.83 bits per heavy atom. The Balaban J connectivity index is 1.82. The molecule has 0 bridgehead atoms. The summed E-state index contributed by atoms with van der Waals surface area (Å²) in [5.74, 6) is -0.0656. The van der Waals surface area contributed by atoms with E-state index in [4.69, 9.17) is 20.9 Å². The molecule has 6 heteroatoms. The molecule has 4 nitrogen and oxygen atoms in total. The Labute approximate surface area is 143 Å². The van der Waals surface area contributed by atoms with Gasteiger partial charge in [-0.25, -0.2) is 0 Å². The molecular weight excluding hydrogens is 312 g/mol. The molecule has 1 heterocycles. The van der Waals surface area contributed by atoms with Crippen molar-refractivity contribution in [2.24, 2.45) is 0 Å². The van der Waals surface area contributed by atoms with E-state index in [0.717, 1.165) is 12.8 Å². The summed E-state index contributed by atoms with van der Waals surface area (Å²) in [6.07, 6.45) is 3.30. The standard InChI is InChI=1S/C17H23BClNO3/c1-16(2)17(3,4)23-18(22-16)13-10-11(8-9-14(13)19)15(21)20-12-6-5-7-12/h8-10,12H,5-7H2,1-4H3,(H,20,21). The summed E-state index contributed by atoms with van der Waals surface area (Å²) in [5, 5.41) is 3.58. The van der Waals surface area contributed by atoms with Crippen molar-refractivity contribution in [1.29, 1.82) is 0 Å². The smallest absolute Gasteiger partial charge is 0.399 e. The number of carbonyl (C=O) groups is 1. The molecule has 1 aromatic carbocycles. The highest BCUT2D eigenvalue weighted by molar-refractivity contribution is 6.65. The second kappa shape index (κ2) is 5.80. The largest absolute Gasteiger partial charge is 0.496 e. The maximum Gasteiger partial charge on any atom is 0.496 e. The van der Waals surface area contributed by atoms with Gasteiger partial charge in [0, 0.05) is 22.1 Å². The van der Waals surface area contributed by atoms with E-state index in [-0.39, 0.29) is 5.91 Å². The molecule has 0 radical (unpaired) electrons. The first-order chi connectivity index (χ1) is 10.7. The van der Waals surface area contributed by atoms with Crippen molar-refractivity contribution in [3.63, 3.8) is 0 Å². The van der Waals surface area contributed by atoms with Gasteiger partial charge in [-0.3, -0.25) is 4.79 Å². The molecule has 2 fully saturated rings. The van der Waals surface area contributed by atoms with Gasteiger partial charge in [0.1, 0.15) is 0 Å². The van der Waals surface area contributed by atoms with Crippen molar-refractivity contribution in [3.8, 4) is 0 Å². The highest BCUT2D eigenvalue weighted by Crippen LogP contribution is 2.37. The Morgan fingerprint density at radius 1 is 1.22 bits per heavy atom. The second-order valence-electron chi connectivity index (χ2n) is 7.43. The molecule has 3 rings (SSSR count). The maximum atomic E-state index is 12.3. The lowest BCUT2D eigenvalue weighted by molar-refractivity contribution is 0.00578. The number of hydrogen-bond acceptors (Lipinski definition) is 3. The maximum absolute atomic E-state index is 12.3. The van der Waals surface area contributed by atoms with Gasteiger partial charge in [-0.15, -0.1) is 0 Å². The van der Waals surface area contributed by atoms with Crippen molar-refractivity contribution in [2.75, 3.05) is 0 Å². The fourth-order valence-corrected chi connectivity index (χ4v) is 2.86. The number of amides is 1. The van der Waals surface area contributed by atoms with Gasteiger partial charge in [0.15, 0.2) is 0 Å². The minimum absolute atomic E-state index is 0.0656. The molecule has 1 saturated carbocycles. The highest BCUT2D eigenvalue weighted by Gasteiger charge is 2.52. The summed E-state index contributed by atoms with van der Waals surface area (Å²) < 4.78 is 12.1. The summed E-state index contributed by atoms with van der Waals surface area (Å²) in [6.45, 7) is 7.98. The number of benzene rings is 1. The van der Waals surface area contributed by atoms with Crippen molar-refractivity contribution in [1.82, 2.24) is 5.32 Å². The summed E-state index contributed by atoms with van der Waals surface area (Å²) in [5.41, 5.74) is 0.411. The number of nitrogens with one attached hydrogen (secondary N) is 1. The molecule has 2 aliphatic rings. The van der Waals surface area contributed by atoms with Gasteiger partial charge in [-0.2, -0.15) is 0 Å². The van der Waals surface area contributed by atoms with E-state index in [0.29, 0.717) is 22.1 Å². The van der Waals surface area contributed by atoms with Crippen LogP contribution >= 0.6 is 11.6 Å². The Bertz CT molecular complexity index is 612. The first-order valence-electron chi connectivity index (χ1n) is 8.15. The monoisotopic (exact) mass is 335 g/mol. The molecule has 1 N–H and O–H groups in total. The molecule has 23 heavy (non-hydrogen) atoms. The molecule has 124 valence electrons. The summed E-state index contributed by atoms with van der Waals surface area (Å²) in [6, 6.07) is 5.56. The van der Waals surface area contributed by atoms with E-state index < -0.39 is 18.3 Å². The lowest BCUT2D eigenvalue weighted by Crippen LogP contribution is -2.41. The fourth-order valence-electron chi connectivity index (χ4n) is 2.66. The molecule has 1 amide bonds. The summed E-state index contributed by atoms with van der Waals surface area (Å²) >= 11 is 6.32. The normalized spacial score (nSPS) is 22.7. The zero-order chi connectivity index (χ0) is 16.8. The van der Waals surface area contributed by atoms with E-state index in [2.05, 4.69) is 5.32 Å². The zero-order valence-corrected chi connectivity index (χ0v) is 14.9. The van der Waals surface area contributed by atoms with E-state index >= 15 is 0 Å². The molecule has 1 aliphatic heterocycles. The van der Waals surface area contributed by atoms with Crippen LogP contribution in [0.1, 0.15) is 57.3 Å². The number of carbonyl (C=O) groups excluding carboxylic acids is 1. The van der Waals surface area contributed by atoms with Crippen LogP contribution in [0.5, 0.6) is 0 Å². The minimum Gasteiger partial charge on any atom is -0.399 e. The van der Waals surface area contributed by atoms with E-state index in [1.54, 1.807) is 18.2 Å². The third-order valence-electron chi connectivity index (χ3n) is 5.21. The first-order valence-corrected chi connectivity index (χ1v) is 8.53. The molecule has 0 spiro atoms. The molecule has 1 saturated heterocycles. The van der Waals surface area contributed by atoms with E-state index in [1.807, 2.05) is 27.7 Å². The van der Waals surface area contributed by atoms with Crippen LogP contribution < -0.4 is 10.8 Å². The van der Waals surface area contributed by atoms with Crippen LogP contribution in [0.3, 0.4) is 0 Å². The van der Waals surface area contributed by atoms with Crippen LogP contribution in [-0.4, -0.2) is 30.3 Å². The lowest BCUT2D eigenvalue weighted by atomic mass is 9.78. The molecule has 1 aromatic rings. The molecular formula is C17H23BClNO3. The SMILES string of the molecule is CC1(C)OB(c2cc(C(=O)NC3CCC3)ccc2Cl)OC1(C)C. The molecule has 0 unspecified atom stereocenters. The van der Waals surface area contributed by atoms with Crippen LogP contribution in [0, 0.1) is 0 Å². The van der Waals surface area contributed by atoms with Gasteiger partial charge in [0.25, 0.3) is 5.91 Å². The van der Waals surface area contributed by atoms with Gasteiger partial charge in [0.05, 0.1) is 11.2 Å². The lowest BCUT2D eigenvalue weighted by Gasteiger charge is -2.32. The van der Waals surface area contributed by atoms with E-state index in [1.165, 1.54) is 6.42 Å². The highest BCUT2D eigenvalue weighted by atomic mass is 35.5. The van der Waals surface area contributed by atoms with Gasteiger partial charge in [-0.1, -0.05) is 11.6 Å². The number of rotatable bonds is 3. The van der Waals surface area contributed by atoms with Gasteiger partial charge in [0.2, 0.25) is 0 Å². The van der Waals surface area contributed by atoms with Gasteiger partial charge in [-0.05, 0) is 65.2 Å². The van der Waals surface area contributed by atoms with Crippen molar-refractivity contribution in [2.45, 2.75) is 64.2 Å².